The Morgan fingerprint density at radius 1 is 1.00 bits per heavy atom. The first-order chi connectivity index (χ1) is 8.33. The Hall–Kier alpha value is -1.47. The molecule has 2 aromatic carbocycles. The van der Waals surface area contributed by atoms with Gasteiger partial charge in [-0.2, -0.15) is 0 Å². The van der Waals surface area contributed by atoms with Gasteiger partial charge in [0, 0.05) is 5.56 Å². The molecule has 0 bridgehead atoms. The first kappa shape index (κ1) is 12.0. The van der Waals surface area contributed by atoms with Crippen molar-refractivity contribution >= 4 is 11.6 Å². The molecule has 1 nitrogen and oxygen atoms in total. The normalized spacial score (nSPS) is 12.1. The van der Waals surface area contributed by atoms with Crippen LogP contribution in [-0.2, 0) is 0 Å². The molecule has 1 atom stereocenters. The average Bonchev–Trinajstić information content (AvgIpc) is 2.40. The Balaban J connectivity index is 2.33. The monoisotopic (exact) mass is 246 g/mol. The lowest BCUT2D eigenvalue weighted by atomic mass is 10.0. The highest BCUT2D eigenvalue weighted by molar-refractivity contribution is 6.22. The largest absolute Gasteiger partial charge is 0.494 e. The van der Waals surface area contributed by atoms with Gasteiger partial charge in [-0.25, -0.2) is 0 Å². The molecule has 0 saturated heterocycles. The molecule has 0 aliphatic heterocycles. The van der Waals surface area contributed by atoms with Gasteiger partial charge in [-0.05, 0) is 18.6 Å². The van der Waals surface area contributed by atoms with Gasteiger partial charge in [0.15, 0.2) is 0 Å². The van der Waals surface area contributed by atoms with E-state index < -0.39 is 0 Å². The van der Waals surface area contributed by atoms with E-state index in [4.69, 9.17) is 16.3 Å². The van der Waals surface area contributed by atoms with Crippen molar-refractivity contribution in [2.75, 3.05) is 6.61 Å². The van der Waals surface area contributed by atoms with E-state index in [9.17, 15) is 0 Å². The maximum absolute atomic E-state index is 6.49. The minimum atomic E-state index is -0.168. The van der Waals surface area contributed by atoms with Crippen LogP contribution in [-0.4, -0.2) is 6.61 Å². The van der Waals surface area contributed by atoms with E-state index in [1.807, 2.05) is 61.5 Å². The van der Waals surface area contributed by atoms with Crippen molar-refractivity contribution < 1.29 is 4.74 Å². The van der Waals surface area contributed by atoms with Crippen molar-refractivity contribution in [2.45, 2.75) is 12.3 Å². The van der Waals surface area contributed by atoms with Crippen LogP contribution >= 0.6 is 11.6 Å². The zero-order valence-electron chi connectivity index (χ0n) is 9.77. The van der Waals surface area contributed by atoms with E-state index in [0.717, 1.165) is 16.9 Å². The lowest BCUT2D eigenvalue weighted by Crippen LogP contribution is -1.99. The first-order valence-corrected chi connectivity index (χ1v) is 6.17. The van der Waals surface area contributed by atoms with Gasteiger partial charge in [0.25, 0.3) is 0 Å². The van der Waals surface area contributed by atoms with Crippen LogP contribution < -0.4 is 4.74 Å². The number of rotatable bonds is 4. The quantitative estimate of drug-likeness (QED) is 0.726. The molecule has 1 unspecified atom stereocenters. The van der Waals surface area contributed by atoms with Crippen molar-refractivity contribution in [2.24, 2.45) is 0 Å². The molecule has 0 aromatic heterocycles. The lowest BCUT2D eigenvalue weighted by Gasteiger charge is -2.15. The molecule has 0 saturated carbocycles. The summed E-state index contributed by atoms with van der Waals surface area (Å²) in [5, 5.41) is -0.168. The second-order valence-electron chi connectivity index (χ2n) is 3.74. The maximum atomic E-state index is 6.49. The predicted octanol–water partition coefficient (Wildman–Crippen LogP) is 4.41. The van der Waals surface area contributed by atoms with Gasteiger partial charge in [0.05, 0.1) is 12.0 Å². The van der Waals surface area contributed by atoms with Crippen molar-refractivity contribution in [1.29, 1.82) is 0 Å². The Labute approximate surface area is 107 Å². The van der Waals surface area contributed by atoms with Crippen LogP contribution in [0.25, 0.3) is 0 Å². The summed E-state index contributed by atoms with van der Waals surface area (Å²) in [7, 11) is 0. The summed E-state index contributed by atoms with van der Waals surface area (Å²) in [5.41, 5.74) is 2.10. The van der Waals surface area contributed by atoms with E-state index in [2.05, 4.69) is 0 Å². The van der Waals surface area contributed by atoms with Crippen LogP contribution in [0.5, 0.6) is 5.75 Å². The lowest BCUT2D eigenvalue weighted by molar-refractivity contribution is 0.337. The number of halogens is 1. The number of benzene rings is 2. The van der Waals surface area contributed by atoms with Gasteiger partial charge in [-0.3, -0.25) is 0 Å². The van der Waals surface area contributed by atoms with Crippen molar-refractivity contribution in [3.63, 3.8) is 0 Å². The van der Waals surface area contributed by atoms with Crippen LogP contribution in [0.2, 0.25) is 0 Å². The first-order valence-electron chi connectivity index (χ1n) is 5.73. The number of ether oxygens (including phenoxy) is 1. The molecule has 0 heterocycles. The number of hydrogen-bond acceptors (Lipinski definition) is 1. The summed E-state index contributed by atoms with van der Waals surface area (Å²) in [6.45, 7) is 2.62. The van der Waals surface area contributed by atoms with Gasteiger partial charge < -0.3 is 4.74 Å². The van der Waals surface area contributed by atoms with E-state index in [1.165, 1.54) is 0 Å². The summed E-state index contributed by atoms with van der Waals surface area (Å²) < 4.78 is 5.60. The van der Waals surface area contributed by atoms with Crippen molar-refractivity contribution in [3.8, 4) is 5.75 Å². The van der Waals surface area contributed by atoms with Crippen LogP contribution in [0.1, 0.15) is 23.4 Å². The third-order valence-electron chi connectivity index (χ3n) is 2.58. The molecule has 88 valence electrons. The van der Waals surface area contributed by atoms with Gasteiger partial charge in [0.2, 0.25) is 0 Å². The summed E-state index contributed by atoms with van der Waals surface area (Å²) >= 11 is 6.49. The summed E-state index contributed by atoms with van der Waals surface area (Å²) in [6.07, 6.45) is 0. The molecule has 0 radical (unpaired) electrons. The summed E-state index contributed by atoms with van der Waals surface area (Å²) in [5.74, 6) is 0.860. The van der Waals surface area contributed by atoms with Crippen LogP contribution in [0, 0.1) is 0 Å². The Kier molecular flexibility index (Phi) is 4.05. The zero-order chi connectivity index (χ0) is 12.1. The number of para-hydroxylation sites is 1. The second-order valence-corrected chi connectivity index (χ2v) is 4.18. The molecule has 2 rings (SSSR count). The fourth-order valence-corrected chi connectivity index (χ4v) is 2.10. The topological polar surface area (TPSA) is 9.23 Å². The SMILES string of the molecule is CCOc1ccccc1C(Cl)c1ccccc1. The summed E-state index contributed by atoms with van der Waals surface area (Å²) in [4.78, 5) is 0. The number of alkyl halides is 1. The van der Waals surface area contributed by atoms with Gasteiger partial charge in [0.1, 0.15) is 5.75 Å². The Morgan fingerprint density at radius 3 is 2.35 bits per heavy atom. The highest BCUT2D eigenvalue weighted by Crippen LogP contribution is 2.34. The number of hydrogen-bond donors (Lipinski definition) is 0. The van der Waals surface area contributed by atoms with Crippen LogP contribution in [0.15, 0.2) is 54.6 Å². The molecule has 2 heteroatoms. The molecular formula is C15H15ClO. The van der Waals surface area contributed by atoms with Crippen molar-refractivity contribution in [1.82, 2.24) is 0 Å². The van der Waals surface area contributed by atoms with Gasteiger partial charge in [-0.15, -0.1) is 11.6 Å². The molecule has 17 heavy (non-hydrogen) atoms. The smallest absolute Gasteiger partial charge is 0.124 e. The fraction of sp³-hybridized carbons (Fsp3) is 0.200. The van der Waals surface area contributed by atoms with Crippen molar-refractivity contribution in [3.05, 3.63) is 65.7 Å². The Bertz CT molecular complexity index is 467. The second kappa shape index (κ2) is 5.74. The maximum Gasteiger partial charge on any atom is 0.124 e. The average molecular weight is 247 g/mol. The minimum absolute atomic E-state index is 0.168. The molecule has 2 aromatic rings. The molecule has 0 aliphatic carbocycles. The zero-order valence-corrected chi connectivity index (χ0v) is 10.5. The van der Waals surface area contributed by atoms with Gasteiger partial charge >= 0.3 is 0 Å². The minimum Gasteiger partial charge on any atom is -0.494 e. The summed E-state index contributed by atoms with van der Waals surface area (Å²) in [6, 6.07) is 17.9. The van der Waals surface area contributed by atoms with E-state index in [1.54, 1.807) is 0 Å². The van der Waals surface area contributed by atoms with E-state index >= 15 is 0 Å². The van der Waals surface area contributed by atoms with Crippen LogP contribution in [0.3, 0.4) is 0 Å². The third kappa shape index (κ3) is 2.80. The molecule has 0 fully saturated rings. The highest BCUT2D eigenvalue weighted by Gasteiger charge is 2.14. The Morgan fingerprint density at radius 2 is 1.65 bits per heavy atom. The predicted molar refractivity (Wildman–Crippen MR) is 71.7 cm³/mol. The van der Waals surface area contributed by atoms with Crippen LogP contribution in [0.4, 0.5) is 0 Å². The third-order valence-corrected chi connectivity index (χ3v) is 3.07. The molecular weight excluding hydrogens is 232 g/mol. The van der Waals surface area contributed by atoms with E-state index in [0.29, 0.717) is 6.61 Å². The molecule has 0 amide bonds. The highest BCUT2D eigenvalue weighted by atomic mass is 35.5. The standard InChI is InChI=1S/C15H15ClO/c1-2-17-14-11-7-6-10-13(14)15(16)12-8-4-3-5-9-12/h3-11,15H,2H2,1H3. The fourth-order valence-electron chi connectivity index (χ4n) is 1.78. The van der Waals surface area contributed by atoms with E-state index in [-0.39, 0.29) is 5.38 Å². The van der Waals surface area contributed by atoms with Gasteiger partial charge in [-0.1, -0.05) is 48.5 Å². The molecule has 0 N–H and O–H groups in total. The molecule has 0 aliphatic rings. The molecule has 0 spiro atoms.